The molecule has 0 spiro atoms. The number of alkyl halides is 3. The van der Waals surface area contributed by atoms with Gasteiger partial charge in [0, 0.05) is 55.9 Å². The number of amides is 1. The molecule has 1 amide bonds. The molecule has 33 heavy (non-hydrogen) atoms. The Kier molecular flexibility index (Phi) is 8.20. The van der Waals surface area contributed by atoms with Crippen LogP contribution < -0.4 is 10.6 Å². The number of anilines is 2. The molecule has 1 heterocycles. The molecule has 2 aromatic carbocycles. The molecule has 1 fully saturated rings. The number of rotatable bonds is 8. The van der Waals surface area contributed by atoms with Crippen LogP contribution in [-0.2, 0) is 17.5 Å². The number of nitro groups is 1. The van der Waals surface area contributed by atoms with E-state index in [1.54, 1.807) is 0 Å². The number of carbonyl (C=O) groups is 1. The van der Waals surface area contributed by atoms with Crippen molar-refractivity contribution in [2.75, 3.05) is 41.8 Å². The van der Waals surface area contributed by atoms with Gasteiger partial charge in [0.1, 0.15) is 5.69 Å². The SMILES string of the molecule is Cc1c(CN2CCSCC2)cccc1NC(=O)CCNc1ccc(C(F)(F)F)cc1[N+](=O)[O-]. The monoisotopic (exact) mass is 482 g/mol. The van der Waals surface area contributed by atoms with Crippen molar-refractivity contribution in [2.24, 2.45) is 0 Å². The van der Waals surface area contributed by atoms with Crippen molar-refractivity contribution in [3.63, 3.8) is 0 Å². The van der Waals surface area contributed by atoms with Crippen LogP contribution in [0.5, 0.6) is 0 Å². The van der Waals surface area contributed by atoms with Crippen LogP contribution in [0.2, 0.25) is 0 Å². The highest BCUT2D eigenvalue weighted by Gasteiger charge is 2.33. The third-order valence-corrected chi connectivity index (χ3v) is 6.35. The molecular formula is C22H25F3N4O3S. The van der Waals surface area contributed by atoms with Gasteiger partial charge in [-0.05, 0) is 36.2 Å². The van der Waals surface area contributed by atoms with Crippen molar-refractivity contribution in [1.29, 1.82) is 0 Å². The van der Waals surface area contributed by atoms with Crippen LogP contribution in [0.1, 0.15) is 23.1 Å². The van der Waals surface area contributed by atoms with Gasteiger partial charge in [-0.25, -0.2) is 0 Å². The summed E-state index contributed by atoms with van der Waals surface area (Å²) in [6.45, 7) is 4.86. The largest absolute Gasteiger partial charge is 0.416 e. The normalized spacial score (nSPS) is 14.7. The Morgan fingerprint density at radius 1 is 1.18 bits per heavy atom. The molecule has 0 atom stereocenters. The standard InChI is InChI=1S/C22H25F3N4O3S/c1-15-16(14-28-9-11-33-12-10-28)3-2-4-18(15)27-21(30)7-8-26-19-6-5-17(22(23,24)25)13-20(19)29(31)32/h2-6,13,26H,7-12,14H2,1H3,(H,27,30). The minimum Gasteiger partial charge on any atom is -0.379 e. The average molecular weight is 483 g/mol. The highest BCUT2D eigenvalue weighted by molar-refractivity contribution is 7.99. The van der Waals surface area contributed by atoms with Gasteiger partial charge in [-0.1, -0.05) is 12.1 Å². The molecule has 2 aromatic rings. The Morgan fingerprint density at radius 3 is 2.58 bits per heavy atom. The summed E-state index contributed by atoms with van der Waals surface area (Å²) < 4.78 is 38.5. The van der Waals surface area contributed by atoms with Crippen LogP contribution in [0.4, 0.5) is 30.2 Å². The van der Waals surface area contributed by atoms with Gasteiger partial charge in [0.15, 0.2) is 0 Å². The number of benzene rings is 2. The van der Waals surface area contributed by atoms with Crippen LogP contribution in [-0.4, -0.2) is 46.9 Å². The summed E-state index contributed by atoms with van der Waals surface area (Å²) in [4.78, 5) is 25.1. The first-order valence-electron chi connectivity index (χ1n) is 10.4. The molecule has 11 heteroatoms. The van der Waals surface area contributed by atoms with Gasteiger partial charge in [-0.3, -0.25) is 19.8 Å². The summed E-state index contributed by atoms with van der Waals surface area (Å²) in [5, 5.41) is 16.7. The third kappa shape index (κ3) is 6.84. The van der Waals surface area contributed by atoms with E-state index in [0.29, 0.717) is 11.8 Å². The highest BCUT2D eigenvalue weighted by Crippen LogP contribution is 2.35. The van der Waals surface area contributed by atoms with Crippen molar-refractivity contribution in [3.05, 3.63) is 63.2 Å². The van der Waals surface area contributed by atoms with E-state index in [1.807, 2.05) is 36.9 Å². The predicted molar refractivity (Wildman–Crippen MR) is 124 cm³/mol. The quantitative estimate of drug-likeness (QED) is 0.411. The Hall–Kier alpha value is -2.79. The summed E-state index contributed by atoms with van der Waals surface area (Å²) in [6.07, 6.45) is -4.69. The van der Waals surface area contributed by atoms with Gasteiger partial charge in [0.05, 0.1) is 10.5 Å². The van der Waals surface area contributed by atoms with Crippen molar-refractivity contribution >= 4 is 34.7 Å². The molecule has 178 valence electrons. The number of carbonyl (C=O) groups excluding carboxylic acids is 1. The summed E-state index contributed by atoms with van der Waals surface area (Å²) in [5.41, 5.74) is 0.956. The van der Waals surface area contributed by atoms with Gasteiger partial charge in [-0.15, -0.1) is 0 Å². The van der Waals surface area contributed by atoms with E-state index in [0.717, 1.165) is 54.4 Å². The molecule has 1 aliphatic rings. The molecule has 2 N–H and O–H groups in total. The molecule has 7 nitrogen and oxygen atoms in total. The van der Waals surface area contributed by atoms with E-state index in [4.69, 9.17) is 0 Å². The molecule has 0 aliphatic carbocycles. The lowest BCUT2D eigenvalue weighted by Crippen LogP contribution is -2.32. The van der Waals surface area contributed by atoms with E-state index in [1.165, 1.54) is 0 Å². The number of nitrogens with one attached hydrogen (secondary N) is 2. The fourth-order valence-electron chi connectivity index (χ4n) is 3.52. The minimum absolute atomic E-state index is 0.00874. The van der Waals surface area contributed by atoms with Crippen LogP contribution in [0.25, 0.3) is 0 Å². The molecule has 0 radical (unpaired) electrons. The Labute approximate surface area is 193 Å². The molecule has 0 saturated carbocycles. The van der Waals surface area contributed by atoms with Crippen molar-refractivity contribution in [2.45, 2.75) is 26.1 Å². The van der Waals surface area contributed by atoms with Gasteiger partial charge in [0.25, 0.3) is 5.69 Å². The van der Waals surface area contributed by atoms with Gasteiger partial charge in [0.2, 0.25) is 5.91 Å². The van der Waals surface area contributed by atoms with Crippen molar-refractivity contribution in [3.8, 4) is 0 Å². The van der Waals surface area contributed by atoms with Crippen molar-refractivity contribution < 1.29 is 22.9 Å². The van der Waals surface area contributed by atoms with Crippen LogP contribution in [0.3, 0.4) is 0 Å². The van der Waals surface area contributed by atoms with E-state index >= 15 is 0 Å². The zero-order chi connectivity index (χ0) is 24.0. The zero-order valence-corrected chi connectivity index (χ0v) is 18.9. The molecular weight excluding hydrogens is 457 g/mol. The summed E-state index contributed by atoms with van der Waals surface area (Å²) in [6, 6.07) is 8.00. The number of thioether (sulfide) groups is 1. The number of nitrogens with zero attached hydrogens (tertiary/aromatic N) is 2. The second kappa shape index (κ2) is 10.9. The zero-order valence-electron chi connectivity index (χ0n) is 18.1. The summed E-state index contributed by atoms with van der Waals surface area (Å²) in [5.74, 6) is 1.92. The maximum Gasteiger partial charge on any atom is 0.416 e. The summed E-state index contributed by atoms with van der Waals surface area (Å²) in [7, 11) is 0. The van der Waals surface area contributed by atoms with Gasteiger partial charge >= 0.3 is 6.18 Å². The number of hydrogen-bond acceptors (Lipinski definition) is 6. The Morgan fingerprint density at radius 2 is 1.91 bits per heavy atom. The Balaban J connectivity index is 1.58. The van der Waals surface area contributed by atoms with E-state index in [9.17, 15) is 28.1 Å². The number of hydrogen-bond donors (Lipinski definition) is 2. The first kappa shape index (κ1) is 24.8. The molecule has 0 unspecified atom stereocenters. The molecule has 1 aliphatic heterocycles. The maximum atomic E-state index is 12.8. The topological polar surface area (TPSA) is 87.5 Å². The number of halogens is 3. The molecule has 3 rings (SSSR count). The van der Waals surface area contributed by atoms with E-state index in [-0.39, 0.29) is 24.6 Å². The molecule has 1 saturated heterocycles. The maximum absolute atomic E-state index is 12.8. The molecule has 0 bridgehead atoms. The highest BCUT2D eigenvalue weighted by atomic mass is 32.2. The number of nitro benzene ring substituents is 1. The average Bonchev–Trinajstić information content (AvgIpc) is 2.76. The smallest absolute Gasteiger partial charge is 0.379 e. The minimum atomic E-state index is -4.68. The third-order valence-electron chi connectivity index (χ3n) is 5.41. The lowest BCUT2D eigenvalue weighted by molar-refractivity contribution is -0.384. The second-order valence-electron chi connectivity index (χ2n) is 7.69. The lowest BCUT2D eigenvalue weighted by Gasteiger charge is -2.27. The van der Waals surface area contributed by atoms with Crippen LogP contribution in [0.15, 0.2) is 36.4 Å². The molecule has 0 aromatic heterocycles. The van der Waals surface area contributed by atoms with Gasteiger partial charge < -0.3 is 10.6 Å². The van der Waals surface area contributed by atoms with E-state index in [2.05, 4.69) is 15.5 Å². The fraction of sp³-hybridized carbons (Fsp3) is 0.409. The van der Waals surface area contributed by atoms with Crippen LogP contribution >= 0.6 is 11.8 Å². The second-order valence-corrected chi connectivity index (χ2v) is 8.91. The van der Waals surface area contributed by atoms with Crippen molar-refractivity contribution in [1.82, 2.24) is 4.90 Å². The summed E-state index contributed by atoms with van der Waals surface area (Å²) >= 11 is 1.94. The van der Waals surface area contributed by atoms with Crippen LogP contribution in [0, 0.1) is 17.0 Å². The fourth-order valence-corrected chi connectivity index (χ4v) is 4.50. The lowest BCUT2D eigenvalue weighted by atomic mass is 10.1. The first-order chi connectivity index (χ1) is 15.6. The van der Waals surface area contributed by atoms with Gasteiger partial charge in [-0.2, -0.15) is 24.9 Å². The Bertz CT molecular complexity index is 1010. The van der Waals surface area contributed by atoms with E-state index < -0.39 is 22.4 Å². The predicted octanol–water partition coefficient (Wildman–Crippen LogP) is 4.91. The first-order valence-corrected chi connectivity index (χ1v) is 11.6.